The van der Waals surface area contributed by atoms with Gasteiger partial charge in [0.25, 0.3) is 0 Å². The standard InChI is InChI=1S/C13H25N3O/c14-13(17)12-4-8-16(9-5-12)7-3-11-2-1-6-15-10-11/h11-12,15H,1-10H2,(H2,14,17). The second-order valence-electron chi connectivity index (χ2n) is 5.52. The second kappa shape index (κ2) is 6.36. The van der Waals surface area contributed by atoms with Crippen LogP contribution in [0, 0.1) is 11.8 Å². The maximum atomic E-state index is 11.1. The largest absolute Gasteiger partial charge is 0.369 e. The molecule has 0 bridgehead atoms. The van der Waals surface area contributed by atoms with E-state index in [-0.39, 0.29) is 11.8 Å². The minimum absolute atomic E-state index is 0.110. The van der Waals surface area contributed by atoms with E-state index >= 15 is 0 Å². The summed E-state index contributed by atoms with van der Waals surface area (Å²) in [6.07, 6.45) is 5.92. The van der Waals surface area contributed by atoms with Crippen molar-refractivity contribution in [2.75, 3.05) is 32.7 Å². The van der Waals surface area contributed by atoms with Crippen LogP contribution in [0.1, 0.15) is 32.1 Å². The number of piperidine rings is 2. The quantitative estimate of drug-likeness (QED) is 0.754. The first-order chi connectivity index (χ1) is 8.25. The second-order valence-corrected chi connectivity index (χ2v) is 5.52. The zero-order valence-electron chi connectivity index (χ0n) is 10.7. The highest BCUT2D eigenvalue weighted by Gasteiger charge is 2.23. The van der Waals surface area contributed by atoms with Crippen molar-refractivity contribution in [1.82, 2.24) is 10.2 Å². The van der Waals surface area contributed by atoms with Crippen LogP contribution in [0.2, 0.25) is 0 Å². The molecule has 98 valence electrons. The summed E-state index contributed by atoms with van der Waals surface area (Å²) in [4.78, 5) is 13.6. The Labute approximate surface area is 104 Å². The van der Waals surface area contributed by atoms with Gasteiger partial charge in [0.05, 0.1) is 0 Å². The lowest BCUT2D eigenvalue weighted by atomic mass is 9.93. The van der Waals surface area contributed by atoms with Crippen LogP contribution < -0.4 is 11.1 Å². The molecule has 4 heteroatoms. The van der Waals surface area contributed by atoms with Crippen LogP contribution in [0.15, 0.2) is 0 Å². The van der Waals surface area contributed by atoms with E-state index in [9.17, 15) is 4.79 Å². The van der Waals surface area contributed by atoms with E-state index < -0.39 is 0 Å². The summed E-state index contributed by atoms with van der Waals surface area (Å²) in [7, 11) is 0. The monoisotopic (exact) mass is 239 g/mol. The molecule has 0 saturated carbocycles. The zero-order valence-corrected chi connectivity index (χ0v) is 10.7. The molecule has 17 heavy (non-hydrogen) atoms. The Balaban J connectivity index is 1.62. The van der Waals surface area contributed by atoms with Crippen LogP contribution >= 0.6 is 0 Å². The van der Waals surface area contributed by atoms with Gasteiger partial charge in [0.2, 0.25) is 5.91 Å². The summed E-state index contributed by atoms with van der Waals surface area (Å²) in [5, 5.41) is 3.46. The predicted octanol–water partition coefficient (Wildman–Crippen LogP) is 0.573. The van der Waals surface area contributed by atoms with Crippen LogP contribution in [-0.2, 0) is 4.79 Å². The number of hydrogen-bond acceptors (Lipinski definition) is 3. The normalized spacial score (nSPS) is 28.1. The van der Waals surface area contributed by atoms with E-state index in [2.05, 4.69) is 10.2 Å². The molecule has 3 N–H and O–H groups in total. The number of likely N-dealkylation sites (tertiary alicyclic amines) is 1. The minimum Gasteiger partial charge on any atom is -0.369 e. The van der Waals surface area contributed by atoms with E-state index in [1.165, 1.54) is 38.9 Å². The van der Waals surface area contributed by atoms with Crippen LogP contribution in [0.5, 0.6) is 0 Å². The highest BCUT2D eigenvalue weighted by molar-refractivity contribution is 5.76. The highest BCUT2D eigenvalue weighted by atomic mass is 16.1. The van der Waals surface area contributed by atoms with Gasteiger partial charge in [0.1, 0.15) is 0 Å². The fourth-order valence-corrected chi connectivity index (χ4v) is 2.98. The summed E-state index contributed by atoms with van der Waals surface area (Å²) >= 11 is 0. The van der Waals surface area contributed by atoms with Crippen molar-refractivity contribution in [1.29, 1.82) is 0 Å². The Morgan fingerprint density at radius 2 is 2.06 bits per heavy atom. The number of amides is 1. The summed E-state index contributed by atoms with van der Waals surface area (Å²) in [6, 6.07) is 0. The number of hydrogen-bond donors (Lipinski definition) is 2. The van der Waals surface area contributed by atoms with E-state index in [0.717, 1.165) is 31.8 Å². The predicted molar refractivity (Wildman–Crippen MR) is 68.6 cm³/mol. The molecule has 0 radical (unpaired) electrons. The molecule has 4 nitrogen and oxygen atoms in total. The first-order valence-electron chi connectivity index (χ1n) is 6.98. The molecule has 0 aromatic rings. The molecule has 2 saturated heterocycles. The Bertz CT molecular complexity index is 243. The van der Waals surface area contributed by atoms with Gasteiger partial charge in [-0.2, -0.15) is 0 Å². The van der Waals surface area contributed by atoms with Gasteiger partial charge in [0.15, 0.2) is 0 Å². The van der Waals surface area contributed by atoms with Gasteiger partial charge in [-0.3, -0.25) is 4.79 Å². The van der Waals surface area contributed by atoms with Crippen molar-refractivity contribution in [2.24, 2.45) is 17.6 Å². The van der Waals surface area contributed by atoms with Gasteiger partial charge in [-0.1, -0.05) is 0 Å². The average molecular weight is 239 g/mol. The molecule has 2 rings (SSSR count). The summed E-state index contributed by atoms with van der Waals surface area (Å²) < 4.78 is 0. The topological polar surface area (TPSA) is 58.4 Å². The van der Waals surface area contributed by atoms with Crippen molar-refractivity contribution in [3.05, 3.63) is 0 Å². The van der Waals surface area contributed by atoms with E-state index in [0.29, 0.717) is 0 Å². The number of carbonyl (C=O) groups is 1. The van der Waals surface area contributed by atoms with Crippen LogP contribution in [0.3, 0.4) is 0 Å². The van der Waals surface area contributed by atoms with Gasteiger partial charge >= 0.3 is 0 Å². The molecule has 0 aliphatic carbocycles. The molecule has 2 fully saturated rings. The number of rotatable bonds is 4. The molecular formula is C13H25N3O. The Morgan fingerprint density at radius 3 is 2.65 bits per heavy atom. The Kier molecular flexibility index (Phi) is 4.80. The van der Waals surface area contributed by atoms with Crippen molar-refractivity contribution in [3.63, 3.8) is 0 Å². The van der Waals surface area contributed by atoms with Gasteiger partial charge in [0, 0.05) is 5.92 Å². The molecule has 2 aliphatic rings. The zero-order chi connectivity index (χ0) is 12.1. The Hall–Kier alpha value is -0.610. The molecule has 1 unspecified atom stereocenters. The molecular weight excluding hydrogens is 214 g/mol. The molecule has 0 aromatic carbocycles. The first-order valence-corrected chi connectivity index (χ1v) is 6.98. The molecule has 0 aromatic heterocycles. The molecule has 2 aliphatic heterocycles. The van der Waals surface area contributed by atoms with Crippen LogP contribution in [-0.4, -0.2) is 43.5 Å². The number of nitrogens with one attached hydrogen (secondary N) is 1. The number of carbonyl (C=O) groups excluding carboxylic acids is 1. The fourth-order valence-electron chi connectivity index (χ4n) is 2.98. The lowest BCUT2D eigenvalue weighted by Crippen LogP contribution is -2.40. The average Bonchev–Trinajstić information content (AvgIpc) is 2.38. The van der Waals surface area contributed by atoms with Gasteiger partial charge in [-0.25, -0.2) is 0 Å². The lowest BCUT2D eigenvalue weighted by molar-refractivity contribution is -0.123. The maximum Gasteiger partial charge on any atom is 0.220 e. The van der Waals surface area contributed by atoms with Crippen LogP contribution in [0.4, 0.5) is 0 Å². The third kappa shape index (κ3) is 3.96. The fraction of sp³-hybridized carbons (Fsp3) is 0.923. The van der Waals surface area contributed by atoms with Crippen molar-refractivity contribution < 1.29 is 4.79 Å². The lowest BCUT2D eigenvalue weighted by Gasteiger charge is -2.32. The summed E-state index contributed by atoms with van der Waals surface area (Å²) in [6.45, 7) is 5.68. The molecule has 2 heterocycles. The highest BCUT2D eigenvalue weighted by Crippen LogP contribution is 2.19. The number of primary amides is 1. The van der Waals surface area contributed by atoms with Crippen LogP contribution in [0.25, 0.3) is 0 Å². The smallest absolute Gasteiger partial charge is 0.220 e. The van der Waals surface area contributed by atoms with Crippen molar-refractivity contribution in [3.8, 4) is 0 Å². The van der Waals surface area contributed by atoms with E-state index in [1.54, 1.807) is 0 Å². The van der Waals surface area contributed by atoms with E-state index in [4.69, 9.17) is 5.73 Å². The Morgan fingerprint density at radius 1 is 1.29 bits per heavy atom. The van der Waals surface area contributed by atoms with E-state index in [1.807, 2.05) is 0 Å². The minimum atomic E-state index is -0.110. The molecule has 1 amide bonds. The summed E-state index contributed by atoms with van der Waals surface area (Å²) in [5.74, 6) is 0.876. The maximum absolute atomic E-state index is 11.1. The van der Waals surface area contributed by atoms with Gasteiger partial charge < -0.3 is 16.0 Å². The number of nitrogens with zero attached hydrogens (tertiary/aromatic N) is 1. The molecule has 1 atom stereocenters. The van der Waals surface area contributed by atoms with Crippen molar-refractivity contribution in [2.45, 2.75) is 32.1 Å². The molecule has 0 spiro atoms. The third-order valence-electron chi connectivity index (χ3n) is 4.24. The third-order valence-corrected chi connectivity index (χ3v) is 4.24. The van der Waals surface area contributed by atoms with Crippen molar-refractivity contribution >= 4 is 5.91 Å². The number of nitrogens with two attached hydrogens (primary N) is 1. The summed E-state index contributed by atoms with van der Waals surface area (Å²) in [5.41, 5.74) is 5.34. The van der Waals surface area contributed by atoms with Gasteiger partial charge in [-0.05, 0) is 70.7 Å². The first kappa shape index (κ1) is 12.8. The van der Waals surface area contributed by atoms with Gasteiger partial charge in [-0.15, -0.1) is 0 Å². The SMILES string of the molecule is NC(=O)C1CCN(CCC2CCCNC2)CC1.